The number of ether oxygens (including phenoxy) is 1. The maximum Gasteiger partial charge on any atom is 0.423 e. The van der Waals surface area contributed by atoms with Crippen LogP contribution in [0, 0.1) is 6.92 Å². The largest absolute Gasteiger partial charge is 0.474 e. The molecule has 7 heteroatoms. The van der Waals surface area contributed by atoms with Crippen LogP contribution in [0.25, 0.3) is 0 Å². The molecule has 1 aromatic carbocycles. The number of alkyl halides is 3. The van der Waals surface area contributed by atoms with Gasteiger partial charge in [-0.1, -0.05) is 19.1 Å². The molecule has 1 unspecified atom stereocenters. The fourth-order valence-corrected chi connectivity index (χ4v) is 1.84. The summed E-state index contributed by atoms with van der Waals surface area (Å²) in [6.07, 6.45) is -3.63. The number of benzene rings is 1. The van der Waals surface area contributed by atoms with Crippen LogP contribution in [0.5, 0.6) is 5.88 Å². The van der Waals surface area contributed by atoms with E-state index in [1.54, 1.807) is 13.0 Å². The molecule has 1 heterocycles. The quantitative estimate of drug-likeness (QED) is 0.864. The first-order valence-electron chi connectivity index (χ1n) is 7.24. The van der Waals surface area contributed by atoms with Crippen molar-refractivity contribution in [1.82, 2.24) is 9.97 Å². The molecule has 23 heavy (non-hydrogen) atoms. The van der Waals surface area contributed by atoms with Crippen LogP contribution in [0.15, 0.2) is 30.5 Å². The van der Waals surface area contributed by atoms with Gasteiger partial charge in [0.25, 0.3) is 0 Å². The molecule has 0 aliphatic heterocycles. The molecule has 1 atom stereocenters. The smallest absolute Gasteiger partial charge is 0.423 e. The third-order valence-electron chi connectivity index (χ3n) is 3.22. The first kappa shape index (κ1) is 17.1. The van der Waals surface area contributed by atoms with E-state index in [1.165, 1.54) is 0 Å². The number of hydrogen-bond donors (Lipinski definition) is 1. The minimum absolute atomic E-state index is 0.0573. The van der Waals surface area contributed by atoms with Gasteiger partial charge in [-0.2, -0.15) is 18.2 Å². The summed E-state index contributed by atoms with van der Waals surface area (Å²) in [6.45, 7) is 5.43. The second kappa shape index (κ2) is 6.85. The Balaban J connectivity index is 2.33. The molecular weight excluding hydrogens is 307 g/mol. The maximum absolute atomic E-state index is 13.0. The minimum Gasteiger partial charge on any atom is -0.474 e. The van der Waals surface area contributed by atoms with E-state index in [1.807, 2.05) is 32.0 Å². The molecule has 4 nitrogen and oxygen atoms in total. The van der Waals surface area contributed by atoms with Crippen LogP contribution in [-0.4, -0.2) is 16.1 Å². The lowest BCUT2D eigenvalue weighted by Gasteiger charge is -2.17. The minimum atomic E-state index is -4.56. The van der Waals surface area contributed by atoms with E-state index in [0.717, 1.165) is 11.8 Å². The molecule has 0 aliphatic rings. The predicted molar refractivity (Wildman–Crippen MR) is 81.9 cm³/mol. The lowest BCUT2D eigenvalue weighted by atomic mass is 10.2. The van der Waals surface area contributed by atoms with Crippen LogP contribution in [0.4, 0.5) is 24.8 Å². The monoisotopic (exact) mass is 325 g/mol. The van der Waals surface area contributed by atoms with Crippen LogP contribution < -0.4 is 10.1 Å². The molecule has 1 N–H and O–H groups in total. The van der Waals surface area contributed by atoms with Crippen LogP contribution in [0.2, 0.25) is 0 Å². The van der Waals surface area contributed by atoms with Crippen molar-refractivity contribution in [3.8, 4) is 5.88 Å². The SMILES string of the molecule is CCC(C)Oc1nc(Nc2cccc(C)c2)ncc1C(F)(F)F. The van der Waals surface area contributed by atoms with E-state index >= 15 is 0 Å². The molecule has 2 aromatic rings. The zero-order valence-corrected chi connectivity index (χ0v) is 13.1. The van der Waals surface area contributed by atoms with E-state index in [9.17, 15) is 13.2 Å². The van der Waals surface area contributed by atoms with Crippen LogP contribution >= 0.6 is 0 Å². The Morgan fingerprint density at radius 3 is 2.65 bits per heavy atom. The van der Waals surface area contributed by atoms with Gasteiger partial charge in [0.15, 0.2) is 0 Å². The van der Waals surface area contributed by atoms with Crippen molar-refractivity contribution in [3.05, 3.63) is 41.6 Å². The van der Waals surface area contributed by atoms with Gasteiger partial charge in [-0.3, -0.25) is 0 Å². The van der Waals surface area contributed by atoms with Gasteiger partial charge in [-0.15, -0.1) is 0 Å². The van der Waals surface area contributed by atoms with E-state index < -0.39 is 17.6 Å². The summed E-state index contributed by atoms with van der Waals surface area (Å²) >= 11 is 0. The average molecular weight is 325 g/mol. The van der Waals surface area contributed by atoms with Crippen molar-refractivity contribution in [2.24, 2.45) is 0 Å². The Morgan fingerprint density at radius 1 is 1.30 bits per heavy atom. The Kier molecular flexibility index (Phi) is 5.08. The number of nitrogens with zero attached hydrogens (tertiary/aromatic N) is 2. The van der Waals surface area contributed by atoms with Gasteiger partial charge >= 0.3 is 6.18 Å². The molecule has 0 aliphatic carbocycles. The van der Waals surface area contributed by atoms with Gasteiger partial charge in [0, 0.05) is 11.9 Å². The van der Waals surface area contributed by atoms with Gasteiger partial charge in [-0.05, 0) is 38.0 Å². The van der Waals surface area contributed by atoms with Gasteiger partial charge in [0.1, 0.15) is 5.56 Å². The lowest BCUT2D eigenvalue weighted by Crippen LogP contribution is -2.17. The summed E-state index contributed by atoms with van der Waals surface area (Å²) in [6, 6.07) is 7.37. The fourth-order valence-electron chi connectivity index (χ4n) is 1.84. The third kappa shape index (κ3) is 4.58. The highest BCUT2D eigenvalue weighted by molar-refractivity contribution is 5.54. The maximum atomic E-state index is 13.0. The summed E-state index contributed by atoms with van der Waals surface area (Å²) < 4.78 is 44.4. The number of halogens is 3. The van der Waals surface area contributed by atoms with Gasteiger partial charge < -0.3 is 10.1 Å². The van der Waals surface area contributed by atoms with Gasteiger partial charge in [0.05, 0.1) is 6.10 Å². The topological polar surface area (TPSA) is 47.0 Å². The molecule has 2 rings (SSSR count). The fraction of sp³-hybridized carbons (Fsp3) is 0.375. The molecule has 0 spiro atoms. The Morgan fingerprint density at radius 2 is 2.04 bits per heavy atom. The molecule has 0 bridgehead atoms. The summed E-state index contributed by atoms with van der Waals surface area (Å²) in [5.41, 5.74) is 0.727. The van der Waals surface area contributed by atoms with Crippen molar-refractivity contribution in [2.45, 2.75) is 39.5 Å². The first-order valence-corrected chi connectivity index (χ1v) is 7.24. The number of nitrogens with one attached hydrogen (secondary N) is 1. The number of anilines is 2. The molecule has 124 valence electrons. The molecular formula is C16H18F3N3O. The van der Waals surface area contributed by atoms with Crippen molar-refractivity contribution in [3.63, 3.8) is 0 Å². The van der Waals surface area contributed by atoms with Crippen LogP contribution in [-0.2, 0) is 6.18 Å². The van der Waals surface area contributed by atoms with Crippen molar-refractivity contribution >= 4 is 11.6 Å². The van der Waals surface area contributed by atoms with Crippen LogP contribution in [0.1, 0.15) is 31.4 Å². The number of aromatic nitrogens is 2. The van der Waals surface area contributed by atoms with E-state index in [-0.39, 0.29) is 12.1 Å². The highest BCUT2D eigenvalue weighted by atomic mass is 19.4. The molecule has 0 radical (unpaired) electrons. The zero-order valence-electron chi connectivity index (χ0n) is 13.1. The summed E-state index contributed by atoms with van der Waals surface area (Å²) in [5, 5.41) is 2.89. The van der Waals surface area contributed by atoms with Crippen LogP contribution in [0.3, 0.4) is 0 Å². The van der Waals surface area contributed by atoms with E-state index in [2.05, 4.69) is 15.3 Å². The zero-order chi connectivity index (χ0) is 17.0. The molecule has 0 amide bonds. The standard InChI is InChI=1S/C16H18F3N3O/c1-4-11(3)23-14-13(16(17,18)19)9-20-15(22-14)21-12-7-5-6-10(2)8-12/h5-9,11H,4H2,1-3H3,(H,20,21,22). The summed E-state index contributed by atoms with van der Waals surface area (Å²) in [5.74, 6) is -0.404. The van der Waals surface area contributed by atoms with Crippen molar-refractivity contribution in [1.29, 1.82) is 0 Å². The van der Waals surface area contributed by atoms with E-state index in [0.29, 0.717) is 12.1 Å². The molecule has 1 aromatic heterocycles. The number of aryl methyl sites for hydroxylation is 1. The lowest BCUT2D eigenvalue weighted by molar-refractivity contribution is -0.139. The highest BCUT2D eigenvalue weighted by Gasteiger charge is 2.36. The average Bonchev–Trinajstić information content (AvgIpc) is 2.46. The summed E-state index contributed by atoms with van der Waals surface area (Å²) in [7, 11) is 0. The highest BCUT2D eigenvalue weighted by Crippen LogP contribution is 2.35. The van der Waals surface area contributed by atoms with E-state index in [4.69, 9.17) is 4.74 Å². The molecule has 0 saturated heterocycles. The second-order valence-electron chi connectivity index (χ2n) is 5.24. The first-order chi connectivity index (χ1) is 10.8. The third-order valence-corrected chi connectivity index (χ3v) is 3.22. The normalized spacial score (nSPS) is 12.8. The van der Waals surface area contributed by atoms with Crippen molar-refractivity contribution in [2.75, 3.05) is 5.32 Å². The molecule has 0 saturated carbocycles. The number of hydrogen-bond acceptors (Lipinski definition) is 4. The molecule has 0 fully saturated rings. The Labute approximate surface area is 132 Å². The predicted octanol–water partition coefficient (Wildman–Crippen LogP) is 4.72. The Hall–Kier alpha value is -2.31. The number of rotatable bonds is 5. The summed E-state index contributed by atoms with van der Waals surface area (Å²) in [4.78, 5) is 7.63. The second-order valence-corrected chi connectivity index (χ2v) is 5.24. The Bertz CT molecular complexity index is 674. The van der Waals surface area contributed by atoms with Gasteiger partial charge in [0.2, 0.25) is 11.8 Å². The van der Waals surface area contributed by atoms with Crippen molar-refractivity contribution < 1.29 is 17.9 Å². The van der Waals surface area contributed by atoms with Gasteiger partial charge in [-0.25, -0.2) is 4.98 Å².